The highest BCUT2D eigenvalue weighted by molar-refractivity contribution is 5.90. The molecule has 0 saturated heterocycles. The van der Waals surface area contributed by atoms with E-state index >= 15 is 0 Å². The van der Waals surface area contributed by atoms with Gasteiger partial charge in [-0.1, -0.05) is 45.2 Å². The van der Waals surface area contributed by atoms with Crippen molar-refractivity contribution in [2.24, 2.45) is 5.92 Å². The van der Waals surface area contributed by atoms with E-state index in [4.69, 9.17) is 0 Å². The number of carbonyl (C=O) groups excluding carboxylic acids is 2. The highest BCUT2D eigenvalue weighted by Crippen LogP contribution is 2.13. The number of hydrogen-bond acceptors (Lipinski definition) is 5. The topological polar surface area (TPSA) is 136 Å². The van der Waals surface area contributed by atoms with E-state index in [-0.39, 0.29) is 24.5 Å². The van der Waals surface area contributed by atoms with E-state index < -0.39 is 30.6 Å². The third-order valence-electron chi connectivity index (χ3n) is 4.87. The van der Waals surface area contributed by atoms with Crippen LogP contribution in [0.4, 0.5) is 0 Å². The zero-order valence-corrected chi connectivity index (χ0v) is 17.1. The molecule has 29 heavy (non-hydrogen) atoms. The van der Waals surface area contributed by atoms with E-state index in [9.17, 15) is 29.7 Å². The van der Waals surface area contributed by atoms with Crippen LogP contribution in [0.3, 0.4) is 0 Å². The van der Waals surface area contributed by atoms with E-state index in [1.54, 1.807) is 12.1 Å². The highest BCUT2D eigenvalue weighted by atomic mass is 16.4. The van der Waals surface area contributed by atoms with Gasteiger partial charge in [-0.3, -0.25) is 9.59 Å². The number of phenols is 1. The van der Waals surface area contributed by atoms with E-state index in [0.29, 0.717) is 17.9 Å². The molecule has 0 aliphatic heterocycles. The average molecular weight is 408 g/mol. The molecule has 2 amide bonds. The Balaban J connectivity index is 2.54. The normalized spacial score (nSPS) is 13.9. The number of carbonyl (C=O) groups is 3. The summed E-state index contributed by atoms with van der Waals surface area (Å²) < 4.78 is 0. The van der Waals surface area contributed by atoms with Gasteiger partial charge in [0.25, 0.3) is 0 Å². The minimum absolute atomic E-state index is 0.00304. The number of carboxylic acids is 1. The molecule has 3 atom stereocenters. The van der Waals surface area contributed by atoms with E-state index in [1.165, 1.54) is 12.1 Å². The van der Waals surface area contributed by atoms with Gasteiger partial charge < -0.3 is 26.0 Å². The van der Waals surface area contributed by atoms with Crippen LogP contribution in [0.1, 0.15) is 51.5 Å². The Morgan fingerprint density at radius 3 is 2.24 bits per heavy atom. The predicted molar refractivity (Wildman–Crippen MR) is 108 cm³/mol. The molecule has 0 bridgehead atoms. The summed E-state index contributed by atoms with van der Waals surface area (Å²) in [6, 6.07) is 3.53. The lowest BCUT2D eigenvalue weighted by molar-refractivity contribution is -0.142. The molecule has 0 aliphatic carbocycles. The number of nitrogens with one attached hydrogen (secondary N) is 2. The molecule has 0 spiro atoms. The van der Waals surface area contributed by atoms with Crippen molar-refractivity contribution in [3.63, 3.8) is 0 Å². The Labute approximate surface area is 171 Å². The quantitative estimate of drug-likeness (QED) is 0.315. The molecule has 0 fully saturated rings. The number of benzene rings is 1. The fourth-order valence-electron chi connectivity index (χ4n) is 2.78. The van der Waals surface area contributed by atoms with E-state index in [1.807, 2.05) is 0 Å². The maximum atomic E-state index is 12.3. The molecule has 0 aliphatic rings. The molecular weight excluding hydrogens is 376 g/mol. The molecule has 0 radical (unpaired) electrons. The zero-order valence-electron chi connectivity index (χ0n) is 17.1. The van der Waals surface area contributed by atoms with Crippen molar-refractivity contribution in [2.45, 2.75) is 64.5 Å². The molecule has 1 aromatic rings. The Bertz CT molecular complexity index is 662. The van der Waals surface area contributed by atoms with Crippen molar-refractivity contribution in [1.29, 1.82) is 0 Å². The fraction of sp³-hybridized carbons (Fsp3) is 0.571. The Morgan fingerprint density at radius 1 is 1.03 bits per heavy atom. The lowest BCUT2D eigenvalue weighted by atomic mass is 10.0. The van der Waals surface area contributed by atoms with Crippen molar-refractivity contribution in [1.82, 2.24) is 10.6 Å². The van der Waals surface area contributed by atoms with Gasteiger partial charge in [0.1, 0.15) is 17.8 Å². The summed E-state index contributed by atoms with van der Waals surface area (Å²) in [6.07, 6.45) is 3.97. The summed E-state index contributed by atoms with van der Waals surface area (Å²) in [5.41, 5.74) is 0.612. The monoisotopic (exact) mass is 408 g/mol. The standard InChI is InChI=1S/C21H32N2O6/c1-3-14(2)6-4-5-7-19(26)22-18(13-24)20(27)23-17(21(28)29)12-15-8-10-16(25)11-9-15/h8-11,14,17-18,24-25H,3-7,12-13H2,1-2H3,(H,22,26)(H,23,27)(H,28,29)/t14?,17?,18-/m1/s1. The van der Waals surface area contributed by atoms with Crippen LogP contribution in [0.15, 0.2) is 24.3 Å². The van der Waals surface area contributed by atoms with Crippen LogP contribution in [-0.4, -0.2) is 51.8 Å². The number of rotatable bonds is 13. The molecule has 162 valence electrons. The first-order valence-electron chi connectivity index (χ1n) is 9.98. The molecule has 8 heteroatoms. The molecular formula is C21H32N2O6. The van der Waals surface area contributed by atoms with Crippen LogP contribution in [0.5, 0.6) is 5.75 Å². The van der Waals surface area contributed by atoms with Gasteiger partial charge in [-0.15, -0.1) is 0 Å². The number of unbranched alkanes of at least 4 members (excludes halogenated alkanes) is 1. The summed E-state index contributed by atoms with van der Waals surface area (Å²) in [5.74, 6) is -1.69. The van der Waals surface area contributed by atoms with Crippen molar-refractivity contribution in [2.75, 3.05) is 6.61 Å². The Morgan fingerprint density at radius 2 is 1.69 bits per heavy atom. The van der Waals surface area contributed by atoms with Crippen molar-refractivity contribution in [3.05, 3.63) is 29.8 Å². The SMILES string of the molecule is CCC(C)CCCCC(=O)N[C@H](CO)C(=O)NC(Cc1ccc(O)cc1)C(=O)O. The summed E-state index contributed by atoms with van der Waals surface area (Å²) in [7, 11) is 0. The summed E-state index contributed by atoms with van der Waals surface area (Å²) in [6.45, 7) is 3.65. The minimum atomic E-state index is -1.24. The Hall–Kier alpha value is -2.61. The van der Waals surface area contributed by atoms with Gasteiger partial charge >= 0.3 is 5.97 Å². The van der Waals surface area contributed by atoms with Gasteiger partial charge in [0.05, 0.1) is 6.61 Å². The van der Waals surface area contributed by atoms with Gasteiger partial charge in [-0.05, 0) is 30.0 Å². The summed E-state index contributed by atoms with van der Waals surface area (Å²) >= 11 is 0. The second-order valence-corrected chi connectivity index (χ2v) is 7.33. The Kier molecular flexibility index (Phi) is 10.8. The first-order valence-corrected chi connectivity index (χ1v) is 9.98. The van der Waals surface area contributed by atoms with Crippen LogP contribution in [0.2, 0.25) is 0 Å². The second-order valence-electron chi connectivity index (χ2n) is 7.33. The molecule has 1 aromatic carbocycles. The molecule has 8 nitrogen and oxygen atoms in total. The number of hydrogen-bond donors (Lipinski definition) is 5. The summed E-state index contributed by atoms with van der Waals surface area (Å²) in [4.78, 5) is 35.8. The average Bonchev–Trinajstić information content (AvgIpc) is 2.69. The lowest BCUT2D eigenvalue weighted by Crippen LogP contribution is -2.53. The van der Waals surface area contributed by atoms with Crippen LogP contribution in [0.25, 0.3) is 0 Å². The predicted octanol–water partition coefficient (Wildman–Crippen LogP) is 1.59. The summed E-state index contributed by atoms with van der Waals surface area (Å²) in [5, 5.41) is 32.9. The maximum absolute atomic E-state index is 12.3. The highest BCUT2D eigenvalue weighted by Gasteiger charge is 2.26. The molecule has 0 heterocycles. The minimum Gasteiger partial charge on any atom is -0.508 e. The van der Waals surface area contributed by atoms with Gasteiger partial charge in [-0.2, -0.15) is 0 Å². The van der Waals surface area contributed by atoms with E-state index in [2.05, 4.69) is 24.5 Å². The number of carboxylic acid groups (broad SMARTS) is 1. The van der Waals surface area contributed by atoms with Gasteiger partial charge in [0, 0.05) is 12.8 Å². The number of phenolic OH excluding ortho intramolecular Hbond substituents is 1. The molecule has 0 saturated carbocycles. The van der Waals surface area contributed by atoms with Crippen LogP contribution in [-0.2, 0) is 20.8 Å². The third kappa shape index (κ3) is 9.43. The number of amides is 2. The van der Waals surface area contributed by atoms with Crippen LogP contribution < -0.4 is 10.6 Å². The van der Waals surface area contributed by atoms with E-state index in [0.717, 1.165) is 19.3 Å². The van der Waals surface area contributed by atoms with Crippen molar-refractivity contribution in [3.8, 4) is 5.75 Å². The van der Waals surface area contributed by atoms with Gasteiger partial charge in [0.2, 0.25) is 11.8 Å². The van der Waals surface area contributed by atoms with Crippen LogP contribution in [0, 0.1) is 5.92 Å². The first kappa shape index (κ1) is 24.4. The fourth-order valence-corrected chi connectivity index (χ4v) is 2.78. The van der Waals surface area contributed by atoms with Crippen molar-refractivity contribution >= 4 is 17.8 Å². The molecule has 2 unspecified atom stereocenters. The van der Waals surface area contributed by atoms with Crippen LogP contribution >= 0.6 is 0 Å². The largest absolute Gasteiger partial charge is 0.508 e. The maximum Gasteiger partial charge on any atom is 0.326 e. The zero-order chi connectivity index (χ0) is 21.8. The smallest absolute Gasteiger partial charge is 0.326 e. The molecule has 0 aromatic heterocycles. The van der Waals surface area contributed by atoms with Gasteiger partial charge in [-0.25, -0.2) is 4.79 Å². The number of aliphatic carboxylic acids is 1. The number of aliphatic hydroxyl groups is 1. The molecule has 1 rings (SSSR count). The lowest BCUT2D eigenvalue weighted by Gasteiger charge is -2.20. The first-order chi connectivity index (χ1) is 13.8. The van der Waals surface area contributed by atoms with Gasteiger partial charge in [0.15, 0.2) is 0 Å². The third-order valence-corrected chi connectivity index (χ3v) is 4.87. The second kappa shape index (κ2) is 12.8. The molecule has 5 N–H and O–H groups in total. The number of aromatic hydroxyl groups is 1. The number of aliphatic hydroxyl groups excluding tert-OH is 1. The van der Waals surface area contributed by atoms with Crippen molar-refractivity contribution < 1.29 is 29.7 Å².